The van der Waals surface area contributed by atoms with Crippen molar-refractivity contribution in [2.24, 2.45) is 0 Å². The lowest BCUT2D eigenvalue weighted by Gasteiger charge is -2.25. The van der Waals surface area contributed by atoms with Gasteiger partial charge in [-0.15, -0.1) is 0 Å². The molecule has 2 aromatic carbocycles. The summed E-state index contributed by atoms with van der Waals surface area (Å²) in [5, 5.41) is 4.05. The molecule has 1 aliphatic rings. The van der Waals surface area contributed by atoms with Crippen molar-refractivity contribution in [3.63, 3.8) is 0 Å². The van der Waals surface area contributed by atoms with Crippen molar-refractivity contribution in [1.82, 2.24) is 19.9 Å². The van der Waals surface area contributed by atoms with E-state index in [2.05, 4.69) is 15.0 Å². The van der Waals surface area contributed by atoms with Gasteiger partial charge in [-0.25, -0.2) is 4.39 Å². The molecule has 1 aliphatic heterocycles. The Morgan fingerprint density at radius 2 is 1.94 bits per heavy atom. The molecular weight excluding hydrogens is 435 g/mol. The van der Waals surface area contributed by atoms with Crippen LogP contribution in [0.2, 0.25) is 0 Å². The second-order valence-corrected chi connectivity index (χ2v) is 8.71. The van der Waals surface area contributed by atoms with Gasteiger partial charge in [-0.2, -0.15) is 4.98 Å². The number of carbonyl (C=O) groups excluding carboxylic acids is 1. The minimum atomic E-state index is -0.291. The molecule has 1 aromatic heterocycles. The Balaban J connectivity index is 1.32. The third kappa shape index (κ3) is 5.62. The van der Waals surface area contributed by atoms with Crippen LogP contribution in [-0.4, -0.2) is 59.1 Å². The van der Waals surface area contributed by atoms with Gasteiger partial charge >= 0.3 is 0 Å². The monoisotopic (exact) mass is 466 g/mol. The van der Waals surface area contributed by atoms with Crippen LogP contribution in [0.1, 0.15) is 42.8 Å². The number of ether oxygens (including phenoxy) is 1. The van der Waals surface area contributed by atoms with E-state index in [1.807, 2.05) is 36.1 Å². The molecule has 0 radical (unpaired) electrons. The molecule has 0 aliphatic carbocycles. The van der Waals surface area contributed by atoms with Gasteiger partial charge in [0.15, 0.2) is 0 Å². The van der Waals surface area contributed by atoms with E-state index >= 15 is 0 Å². The first-order chi connectivity index (χ1) is 16.4. The number of hydrogen-bond donors (Lipinski definition) is 0. The smallest absolute Gasteiger partial charge is 0.244 e. The number of hydrogen-bond acceptors (Lipinski definition) is 6. The Bertz CT molecular complexity index is 1120. The Hall–Kier alpha value is -3.26. The molecule has 7 nitrogen and oxygen atoms in total. The molecule has 0 spiro atoms. The van der Waals surface area contributed by atoms with Gasteiger partial charge in [-0.05, 0) is 56.0 Å². The molecule has 0 N–H and O–H groups in total. The van der Waals surface area contributed by atoms with Gasteiger partial charge in [0.1, 0.15) is 11.6 Å². The number of nitrogens with zero attached hydrogens (tertiary/aromatic N) is 4. The summed E-state index contributed by atoms with van der Waals surface area (Å²) >= 11 is 0. The van der Waals surface area contributed by atoms with Gasteiger partial charge in [0.2, 0.25) is 17.6 Å². The summed E-state index contributed by atoms with van der Waals surface area (Å²) in [6.45, 7) is 6.70. The van der Waals surface area contributed by atoms with E-state index in [1.165, 1.54) is 6.07 Å². The van der Waals surface area contributed by atoms with Crippen LogP contribution in [0.15, 0.2) is 47.0 Å². The van der Waals surface area contributed by atoms with E-state index in [1.54, 1.807) is 26.2 Å². The minimum Gasteiger partial charge on any atom is -0.497 e. The van der Waals surface area contributed by atoms with Crippen molar-refractivity contribution < 1.29 is 18.4 Å². The fraction of sp³-hybridized carbons (Fsp3) is 0.423. The van der Waals surface area contributed by atoms with E-state index in [9.17, 15) is 9.18 Å². The van der Waals surface area contributed by atoms with Crippen LogP contribution in [0.5, 0.6) is 5.75 Å². The van der Waals surface area contributed by atoms with Gasteiger partial charge in [0, 0.05) is 38.2 Å². The molecule has 1 saturated heterocycles. The largest absolute Gasteiger partial charge is 0.497 e. The van der Waals surface area contributed by atoms with Crippen LogP contribution >= 0.6 is 0 Å². The number of aromatic nitrogens is 2. The molecule has 1 unspecified atom stereocenters. The second-order valence-electron chi connectivity index (χ2n) is 8.71. The van der Waals surface area contributed by atoms with Gasteiger partial charge < -0.3 is 14.2 Å². The molecule has 8 heteroatoms. The number of carbonyl (C=O) groups is 1. The number of halogens is 1. The molecule has 1 fully saturated rings. The summed E-state index contributed by atoms with van der Waals surface area (Å²) in [5.74, 6) is 1.57. The van der Waals surface area contributed by atoms with E-state index < -0.39 is 0 Å². The summed E-state index contributed by atoms with van der Waals surface area (Å²) < 4.78 is 24.6. The quantitative estimate of drug-likeness (QED) is 0.513. The van der Waals surface area contributed by atoms with Crippen molar-refractivity contribution in [2.75, 3.05) is 33.3 Å². The first-order valence-electron chi connectivity index (χ1n) is 11.7. The third-order valence-corrected chi connectivity index (χ3v) is 6.45. The van der Waals surface area contributed by atoms with Crippen molar-refractivity contribution in [3.8, 4) is 17.1 Å². The number of methoxy groups -OCH3 is 1. The second kappa shape index (κ2) is 10.8. The Morgan fingerprint density at radius 1 is 1.15 bits per heavy atom. The molecular formula is C26H31FN4O3. The van der Waals surface area contributed by atoms with Crippen LogP contribution < -0.4 is 4.74 Å². The topological polar surface area (TPSA) is 71.7 Å². The van der Waals surface area contributed by atoms with Crippen LogP contribution in [0.25, 0.3) is 11.4 Å². The Labute approximate surface area is 199 Å². The highest BCUT2D eigenvalue weighted by molar-refractivity contribution is 5.76. The first kappa shape index (κ1) is 23.9. The van der Waals surface area contributed by atoms with Gasteiger partial charge in [-0.3, -0.25) is 9.69 Å². The summed E-state index contributed by atoms with van der Waals surface area (Å²) in [6, 6.07) is 12.7. The average Bonchev–Trinajstić information content (AvgIpc) is 3.22. The highest BCUT2D eigenvalue weighted by atomic mass is 19.1. The van der Waals surface area contributed by atoms with Gasteiger partial charge in [0.05, 0.1) is 13.2 Å². The lowest BCUT2D eigenvalue weighted by Crippen LogP contribution is -2.36. The summed E-state index contributed by atoms with van der Waals surface area (Å²) in [7, 11) is 1.64. The SMILES string of the molecule is COc1ccc(CCC(=O)N2CCCN(C(C)c3nc(-c4ccc(C)c(F)c4)no3)CC2)cc1. The van der Waals surface area contributed by atoms with Crippen molar-refractivity contribution in [3.05, 3.63) is 65.3 Å². The van der Waals surface area contributed by atoms with Crippen molar-refractivity contribution in [1.29, 1.82) is 0 Å². The molecule has 34 heavy (non-hydrogen) atoms. The van der Waals surface area contributed by atoms with E-state index in [-0.39, 0.29) is 17.8 Å². The lowest BCUT2D eigenvalue weighted by atomic mass is 10.1. The van der Waals surface area contributed by atoms with Gasteiger partial charge in [0.25, 0.3) is 0 Å². The standard InChI is InChI=1S/C26H31FN4O3/c1-18-5-9-21(17-23(18)27)25-28-26(34-29-25)19(2)30-13-4-14-31(16-15-30)24(32)12-8-20-6-10-22(33-3)11-7-20/h5-7,9-11,17,19H,4,8,12-16H2,1-3H3. The molecule has 3 aromatic rings. The van der Waals surface area contributed by atoms with Crippen molar-refractivity contribution in [2.45, 2.75) is 39.2 Å². The Morgan fingerprint density at radius 3 is 2.68 bits per heavy atom. The average molecular weight is 467 g/mol. The summed E-state index contributed by atoms with van der Waals surface area (Å²) in [6.07, 6.45) is 2.08. The fourth-order valence-electron chi connectivity index (χ4n) is 4.19. The highest BCUT2D eigenvalue weighted by Crippen LogP contribution is 2.25. The number of aryl methyl sites for hydroxylation is 2. The van der Waals surface area contributed by atoms with Crippen LogP contribution in [0, 0.1) is 12.7 Å². The number of benzene rings is 2. The van der Waals surface area contributed by atoms with Crippen LogP contribution in [-0.2, 0) is 11.2 Å². The summed E-state index contributed by atoms with van der Waals surface area (Å²) in [5.41, 5.74) is 2.29. The molecule has 1 amide bonds. The predicted molar refractivity (Wildman–Crippen MR) is 127 cm³/mol. The van der Waals surface area contributed by atoms with Crippen molar-refractivity contribution >= 4 is 5.91 Å². The zero-order valence-electron chi connectivity index (χ0n) is 20.0. The maximum absolute atomic E-state index is 13.9. The molecule has 0 bridgehead atoms. The Kier molecular flexibility index (Phi) is 7.57. The zero-order chi connectivity index (χ0) is 24.1. The van der Waals surface area contributed by atoms with Crippen LogP contribution in [0.3, 0.4) is 0 Å². The molecule has 2 heterocycles. The summed E-state index contributed by atoms with van der Waals surface area (Å²) in [4.78, 5) is 21.5. The van der Waals surface area contributed by atoms with E-state index in [4.69, 9.17) is 9.26 Å². The highest BCUT2D eigenvalue weighted by Gasteiger charge is 2.26. The molecule has 4 rings (SSSR count). The number of rotatable bonds is 7. The minimum absolute atomic E-state index is 0.0918. The van der Waals surface area contributed by atoms with Gasteiger partial charge in [-0.1, -0.05) is 29.4 Å². The fourth-order valence-corrected chi connectivity index (χ4v) is 4.19. The third-order valence-electron chi connectivity index (χ3n) is 6.45. The molecule has 0 saturated carbocycles. The van der Waals surface area contributed by atoms with E-state index in [0.717, 1.165) is 37.4 Å². The molecule has 1 atom stereocenters. The van der Waals surface area contributed by atoms with Crippen LogP contribution in [0.4, 0.5) is 4.39 Å². The zero-order valence-corrected chi connectivity index (χ0v) is 20.0. The predicted octanol–water partition coefficient (Wildman–Crippen LogP) is 4.42. The maximum atomic E-state index is 13.9. The maximum Gasteiger partial charge on any atom is 0.244 e. The first-order valence-corrected chi connectivity index (χ1v) is 11.7. The normalized spacial score (nSPS) is 15.7. The number of amides is 1. The molecule has 180 valence electrons. The van der Waals surface area contributed by atoms with E-state index in [0.29, 0.717) is 42.2 Å². The lowest BCUT2D eigenvalue weighted by molar-refractivity contribution is -0.131.